The van der Waals surface area contributed by atoms with Gasteiger partial charge >= 0.3 is 0 Å². The lowest BCUT2D eigenvalue weighted by molar-refractivity contribution is 0.228. The number of aromatic amines is 1. The summed E-state index contributed by atoms with van der Waals surface area (Å²) >= 11 is 1.96. The molecule has 0 spiro atoms. The molecular weight excluding hydrogens is 478 g/mol. The highest BCUT2D eigenvalue weighted by Gasteiger charge is 2.29. The molecule has 0 radical (unpaired) electrons. The topological polar surface area (TPSA) is 109 Å². The molecule has 0 bridgehead atoms. The van der Waals surface area contributed by atoms with E-state index in [1.54, 1.807) is 18.1 Å². The van der Waals surface area contributed by atoms with Crippen LogP contribution in [0.3, 0.4) is 0 Å². The van der Waals surface area contributed by atoms with E-state index in [0.29, 0.717) is 11.8 Å². The Bertz CT molecular complexity index is 1370. The fourth-order valence-electron chi connectivity index (χ4n) is 6.23. The fourth-order valence-corrected chi connectivity index (χ4v) is 7.63. The summed E-state index contributed by atoms with van der Waals surface area (Å²) in [5.41, 5.74) is 20.6. The van der Waals surface area contributed by atoms with Crippen molar-refractivity contribution in [1.82, 2.24) is 14.9 Å². The minimum absolute atomic E-state index is 0.409. The van der Waals surface area contributed by atoms with Gasteiger partial charge in [0.2, 0.25) is 0 Å². The van der Waals surface area contributed by atoms with Gasteiger partial charge in [-0.15, -0.1) is 11.3 Å². The number of likely N-dealkylation sites (tertiary alicyclic amines) is 1. The number of nitrogens with one attached hydrogen (secondary N) is 1. The van der Waals surface area contributed by atoms with E-state index in [0.717, 1.165) is 50.4 Å². The summed E-state index contributed by atoms with van der Waals surface area (Å²) in [6.07, 6.45) is 12.6. The van der Waals surface area contributed by atoms with E-state index in [-0.39, 0.29) is 0 Å². The number of aliphatic imine (C=N–C) groups is 2. The molecule has 1 aliphatic heterocycles. The molecule has 3 aromatic rings. The molecule has 0 unspecified atom stereocenters. The second-order valence-electron chi connectivity index (χ2n) is 10.6. The zero-order valence-corrected chi connectivity index (χ0v) is 23.3. The number of thiophene rings is 1. The van der Waals surface area contributed by atoms with Gasteiger partial charge in [-0.25, -0.2) is 9.98 Å². The number of nitrogens with zero attached hydrogens (tertiary/aromatic N) is 4. The predicted molar refractivity (Wildman–Crippen MR) is 158 cm³/mol. The first-order valence-electron chi connectivity index (χ1n) is 13.4. The van der Waals surface area contributed by atoms with Crippen LogP contribution in [0.1, 0.15) is 72.1 Å². The average Bonchev–Trinajstić information content (AvgIpc) is 3.59. The highest BCUT2D eigenvalue weighted by Crippen LogP contribution is 2.47. The molecule has 2 aliphatic rings. The molecule has 3 aromatic heterocycles. The van der Waals surface area contributed by atoms with Crippen molar-refractivity contribution in [2.24, 2.45) is 21.5 Å². The van der Waals surface area contributed by atoms with E-state index in [4.69, 9.17) is 16.5 Å². The van der Waals surface area contributed by atoms with Gasteiger partial charge in [0.15, 0.2) is 5.82 Å². The van der Waals surface area contributed by atoms with Gasteiger partial charge in [-0.2, -0.15) is 0 Å². The van der Waals surface area contributed by atoms with Crippen LogP contribution in [0.25, 0.3) is 21.5 Å². The van der Waals surface area contributed by atoms with Crippen LogP contribution >= 0.6 is 11.3 Å². The number of rotatable bonds is 7. The maximum atomic E-state index is 6.17. The number of nitrogens with two attached hydrogens (primary N) is 2. The van der Waals surface area contributed by atoms with Gasteiger partial charge in [-0.1, -0.05) is 13.8 Å². The molecule has 7 nitrogen and oxygen atoms in total. The zero-order chi connectivity index (χ0) is 26.1. The lowest BCUT2D eigenvalue weighted by atomic mass is 9.89. The Kier molecular flexibility index (Phi) is 7.49. The first-order valence-corrected chi connectivity index (χ1v) is 14.2. The summed E-state index contributed by atoms with van der Waals surface area (Å²) in [6.45, 7) is 9.91. The number of piperidine rings is 1. The number of H-pyrrole nitrogens is 1. The molecule has 1 fully saturated rings. The minimum Gasteiger partial charge on any atom is -0.401 e. The molecule has 196 valence electrons. The molecule has 0 amide bonds. The van der Waals surface area contributed by atoms with Crippen LogP contribution in [0, 0.1) is 6.92 Å². The predicted octanol–water partition coefficient (Wildman–Crippen LogP) is 5.55. The number of hydrogen-bond acceptors (Lipinski definition) is 6. The van der Waals surface area contributed by atoms with E-state index >= 15 is 0 Å². The lowest BCUT2D eigenvalue weighted by Crippen LogP contribution is -2.35. The molecule has 4 heterocycles. The molecule has 0 saturated carbocycles. The summed E-state index contributed by atoms with van der Waals surface area (Å²) in [7, 11) is 1.77. The number of pyridine rings is 1. The van der Waals surface area contributed by atoms with Gasteiger partial charge < -0.3 is 16.5 Å². The normalized spacial score (nSPS) is 17.8. The molecule has 8 heteroatoms. The van der Waals surface area contributed by atoms with Crippen molar-refractivity contribution < 1.29 is 0 Å². The highest BCUT2D eigenvalue weighted by atomic mass is 32.1. The third-order valence-electron chi connectivity index (χ3n) is 7.94. The van der Waals surface area contributed by atoms with Crippen LogP contribution in [0.5, 0.6) is 0 Å². The Labute approximate surface area is 223 Å². The average molecular weight is 518 g/mol. The van der Waals surface area contributed by atoms with Crippen LogP contribution in [0.4, 0.5) is 5.82 Å². The molecule has 0 aromatic carbocycles. The third kappa shape index (κ3) is 4.84. The SMILES string of the molecule is CN=C/C=C(\N)CN1CCC(c2sc3[nH]c(-c4cnc(N=CN)c5c4CCC5)c(C(C)C)c3c2C)CC1. The minimum atomic E-state index is 0.409. The maximum Gasteiger partial charge on any atom is 0.156 e. The largest absolute Gasteiger partial charge is 0.401 e. The first kappa shape index (κ1) is 25.7. The summed E-state index contributed by atoms with van der Waals surface area (Å²) in [5.74, 6) is 1.79. The number of aryl methyl sites for hydroxylation is 1. The van der Waals surface area contributed by atoms with Gasteiger partial charge in [-0.05, 0) is 86.7 Å². The monoisotopic (exact) mass is 517 g/mol. The zero-order valence-electron chi connectivity index (χ0n) is 22.5. The molecule has 37 heavy (non-hydrogen) atoms. The van der Waals surface area contributed by atoms with E-state index in [9.17, 15) is 0 Å². The Hall–Kier alpha value is -2.97. The Balaban J connectivity index is 1.45. The quantitative estimate of drug-likeness (QED) is 0.282. The Morgan fingerprint density at radius 3 is 2.73 bits per heavy atom. The Morgan fingerprint density at radius 1 is 1.27 bits per heavy atom. The molecule has 5 N–H and O–H groups in total. The second-order valence-corrected chi connectivity index (χ2v) is 11.7. The second kappa shape index (κ2) is 10.8. The highest BCUT2D eigenvalue weighted by molar-refractivity contribution is 7.19. The summed E-state index contributed by atoms with van der Waals surface area (Å²) in [4.78, 5) is 22.2. The van der Waals surface area contributed by atoms with E-state index < -0.39 is 0 Å². The van der Waals surface area contributed by atoms with Crippen molar-refractivity contribution in [3.05, 3.63) is 45.1 Å². The smallest absolute Gasteiger partial charge is 0.156 e. The van der Waals surface area contributed by atoms with Crippen molar-refractivity contribution in [2.75, 3.05) is 26.7 Å². The number of fused-ring (bicyclic) bond motifs is 2. The van der Waals surface area contributed by atoms with Crippen LogP contribution in [-0.4, -0.2) is 54.1 Å². The summed E-state index contributed by atoms with van der Waals surface area (Å²) in [6, 6.07) is 0. The number of allylic oxidation sites excluding steroid dienone is 1. The van der Waals surface area contributed by atoms with Crippen LogP contribution in [-0.2, 0) is 12.8 Å². The Morgan fingerprint density at radius 2 is 2.03 bits per heavy atom. The van der Waals surface area contributed by atoms with Gasteiger partial charge in [0.1, 0.15) is 4.83 Å². The van der Waals surface area contributed by atoms with Gasteiger partial charge in [0.05, 0.1) is 12.0 Å². The van der Waals surface area contributed by atoms with Crippen molar-refractivity contribution in [3.63, 3.8) is 0 Å². The molecule has 1 aliphatic carbocycles. The van der Waals surface area contributed by atoms with Crippen molar-refractivity contribution in [2.45, 2.75) is 64.7 Å². The van der Waals surface area contributed by atoms with Gasteiger partial charge in [0.25, 0.3) is 0 Å². The van der Waals surface area contributed by atoms with Crippen LogP contribution < -0.4 is 11.5 Å². The lowest BCUT2D eigenvalue weighted by Gasteiger charge is -2.32. The van der Waals surface area contributed by atoms with Crippen molar-refractivity contribution in [3.8, 4) is 11.3 Å². The first-order chi connectivity index (χ1) is 17.9. The van der Waals surface area contributed by atoms with Crippen molar-refractivity contribution >= 4 is 39.9 Å². The van der Waals surface area contributed by atoms with E-state index in [1.165, 1.54) is 62.9 Å². The van der Waals surface area contributed by atoms with Crippen LogP contribution in [0.2, 0.25) is 0 Å². The summed E-state index contributed by atoms with van der Waals surface area (Å²) in [5, 5.41) is 1.43. The molecule has 0 atom stereocenters. The third-order valence-corrected chi connectivity index (χ3v) is 9.31. The number of aromatic nitrogens is 2. The standard InChI is InChI=1S/C29H39N7S/c1-17(2)24-25-18(3)27(19-9-12-36(13-10-19)15-20(31)8-11-32-4)37-29(25)35-26(24)23-14-33-28(34-16-30)22-7-5-6-21(22)23/h8,11,14,16-17,19,35H,5-7,9-10,12-13,15,31H2,1-4H3,(H2,30,33,34)/b20-8-,32-11?. The molecule has 5 rings (SSSR count). The van der Waals surface area contributed by atoms with E-state index in [2.05, 4.69) is 40.6 Å². The molecular formula is C29H39N7S. The van der Waals surface area contributed by atoms with Crippen LogP contribution in [0.15, 0.2) is 28.0 Å². The molecule has 1 saturated heterocycles. The van der Waals surface area contributed by atoms with Gasteiger partial charge in [-0.3, -0.25) is 9.89 Å². The van der Waals surface area contributed by atoms with Gasteiger partial charge in [0, 0.05) is 53.1 Å². The van der Waals surface area contributed by atoms with Crippen molar-refractivity contribution in [1.29, 1.82) is 0 Å². The maximum absolute atomic E-state index is 6.17. The number of hydrogen-bond donors (Lipinski definition) is 3. The fraction of sp³-hybridized carbons (Fsp3) is 0.483. The summed E-state index contributed by atoms with van der Waals surface area (Å²) < 4.78 is 0. The van der Waals surface area contributed by atoms with E-state index in [1.807, 2.05) is 23.6 Å².